The molecule has 1 fully saturated rings. The Morgan fingerprint density at radius 3 is 2.70 bits per heavy atom. The molecule has 110 valence electrons. The molecule has 0 radical (unpaired) electrons. The second-order valence-corrected chi connectivity index (χ2v) is 5.14. The van der Waals surface area contributed by atoms with Crippen LogP contribution in [-0.4, -0.2) is 24.1 Å². The van der Waals surface area contributed by atoms with Gasteiger partial charge in [0.1, 0.15) is 5.75 Å². The Morgan fingerprint density at radius 1 is 1.45 bits per heavy atom. The van der Waals surface area contributed by atoms with Gasteiger partial charge in [0.2, 0.25) is 5.91 Å². The molecular formula is C12H12BrF3N2O2. The summed E-state index contributed by atoms with van der Waals surface area (Å²) < 4.78 is 40.5. The van der Waals surface area contributed by atoms with Crippen LogP contribution in [0.4, 0.5) is 24.5 Å². The molecule has 1 atom stereocenters. The van der Waals surface area contributed by atoms with Crippen molar-refractivity contribution < 1.29 is 22.7 Å². The van der Waals surface area contributed by atoms with Crippen molar-refractivity contribution in [2.75, 3.05) is 22.5 Å². The third-order valence-corrected chi connectivity index (χ3v) is 3.87. The number of nitrogens with zero attached hydrogens (tertiary/aromatic N) is 1. The predicted molar refractivity (Wildman–Crippen MR) is 71.8 cm³/mol. The van der Waals surface area contributed by atoms with Gasteiger partial charge in [0.15, 0.2) is 0 Å². The average Bonchev–Trinajstić information content (AvgIpc) is 2.71. The molecule has 2 N–H and O–H groups in total. The van der Waals surface area contributed by atoms with Crippen LogP contribution < -0.4 is 15.4 Å². The van der Waals surface area contributed by atoms with Crippen molar-refractivity contribution in [1.29, 1.82) is 0 Å². The summed E-state index contributed by atoms with van der Waals surface area (Å²) in [4.78, 5) is 13.3. The van der Waals surface area contributed by atoms with Gasteiger partial charge in [-0.2, -0.15) is 0 Å². The SMILES string of the molecule is Nc1ccc(OC(F)(F)F)cc1N1CC(CBr)CC1=O. The first kappa shape index (κ1) is 15.0. The van der Waals surface area contributed by atoms with E-state index in [4.69, 9.17) is 5.73 Å². The minimum Gasteiger partial charge on any atom is -0.406 e. The van der Waals surface area contributed by atoms with Gasteiger partial charge >= 0.3 is 6.36 Å². The van der Waals surface area contributed by atoms with E-state index in [1.807, 2.05) is 0 Å². The number of alkyl halides is 4. The molecule has 20 heavy (non-hydrogen) atoms. The fraction of sp³-hybridized carbons (Fsp3) is 0.417. The molecule has 1 amide bonds. The summed E-state index contributed by atoms with van der Waals surface area (Å²) in [6.07, 6.45) is -4.43. The predicted octanol–water partition coefficient (Wildman–Crippen LogP) is 2.92. The van der Waals surface area contributed by atoms with Crippen molar-refractivity contribution >= 4 is 33.2 Å². The van der Waals surface area contributed by atoms with E-state index in [0.717, 1.165) is 12.1 Å². The first-order valence-corrected chi connectivity index (χ1v) is 6.94. The van der Waals surface area contributed by atoms with E-state index in [0.29, 0.717) is 18.3 Å². The lowest BCUT2D eigenvalue weighted by Crippen LogP contribution is -2.26. The Morgan fingerprint density at radius 2 is 2.15 bits per heavy atom. The van der Waals surface area contributed by atoms with Gasteiger partial charge in [-0.3, -0.25) is 4.79 Å². The fourth-order valence-corrected chi connectivity index (χ4v) is 2.51. The normalized spacial score (nSPS) is 19.5. The van der Waals surface area contributed by atoms with Crippen LogP contribution in [0.2, 0.25) is 0 Å². The number of rotatable bonds is 3. The third kappa shape index (κ3) is 3.36. The van der Waals surface area contributed by atoms with Gasteiger partial charge in [-0.25, -0.2) is 0 Å². The Balaban J connectivity index is 2.27. The summed E-state index contributed by atoms with van der Waals surface area (Å²) in [5.41, 5.74) is 6.23. The molecule has 1 aliphatic rings. The maximum atomic E-state index is 12.2. The molecule has 1 saturated heterocycles. The van der Waals surface area contributed by atoms with Crippen molar-refractivity contribution in [2.45, 2.75) is 12.8 Å². The lowest BCUT2D eigenvalue weighted by Gasteiger charge is -2.20. The van der Waals surface area contributed by atoms with Gasteiger partial charge in [-0.15, -0.1) is 13.2 Å². The molecule has 0 saturated carbocycles. The fourth-order valence-electron chi connectivity index (χ4n) is 2.07. The Kier molecular flexibility index (Phi) is 4.12. The van der Waals surface area contributed by atoms with E-state index in [1.54, 1.807) is 0 Å². The molecule has 1 aromatic rings. The number of hydrogen-bond acceptors (Lipinski definition) is 3. The molecule has 1 aliphatic heterocycles. The highest BCUT2D eigenvalue weighted by Crippen LogP contribution is 2.34. The van der Waals surface area contributed by atoms with Crippen molar-refractivity contribution in [3.63, 3.8) is 0 Å². The van der Waals surface area contributed by atoms with E-state index in [2.05, 4.69) is 20.7 Å². The van der Waals surface area contributed by atoms with E-state index in [9.17, 15) is 18.0 Å². The van der Waals surface area contributed by atoms with Gasteiger partial charge in [0, 0.05) is 24.4 Å². The zero-order chi connectivity index (χ0) is 14.9. The number of carbonyl (C=O) groups is 1. The Hall–Kier alpha value is -1.44. The third-order valence-electron chi connectivity index (χ3n) is 2.95. The monoisotopic (exact) mass is 352 g/mol. The Bertz CT molecular complexity index is 522. The molecule has 1 unspecified atom stereocenters. The maximum absolute atomic E-state index is 12.2. The molecule has 4 nitrogen and oxygen atoms in total. The quantitative estimate of drug-likeness (QED) is 0.672. The minimum absolute atomic E-state index is 0.120. The first-order valence-electron chi connectivity index (χ1n) is 5.82. The van der Waals surface area contributed by atoms with Gasteiger partial charge < -0.3 is 15.4 Å². The number of carbonyl (C=O) groups excluding carboxylic acids is 1. The summed E-state index contributed by atoms with van der Waals surface area (Å²) in [6, 6.07) is 3.55. The van der Waals surface area contributed by atoms with Crippen molar-refractivity contribution in [3.05, 3.63) is 18.2 Å². The van der Waals surface area contributed by atoms with Gasteiger partial charge in [-0.1, -0.05) is 15.9 Å². The molecular weight excluding hydrogens is 341 g/mol. The van der Waals surface area contributed by atoms with Gasteiger partial charge in [0.25, 0.3) is 0 Å². The van der Waals surface area contributed by atoms with E-state index < -0.39 is 12.1 Å². The van der Waals surface area contributed by atoms with Gasteiger partial charge in [0.05, 0.1) is 11.4 Å². The van der Waals surface area contributed by atoms with Crippen LogP contribution in [0, 0.1) is 5.92 Å². The molecule has 0 aliphatic carbocycles. The second kappa shape index (κ2) is 5.51. The number of nitrogens with two attached hydrogens (primary N) is 1. The largest absolute Gasteiger partial charge is 0.573 e. The number of amides is 1. The summed E-state index contributed by atoms with van der Waals surface area (Å²) in [5.74, 6) is -0.434. The zero-order valence-electron chi connectivity index (χ0n) is 10.3. The molecule has 0 aromatic heterocycles. The lowest BCUT2D eigenvalue weighted by molar-refractivity contribution is -0.274. The number of benzene rings is 1. The number of nitrogen functional groups attached to an aromatic ring is 1. The van der Waals surface area contributed by atoms with Crippen molar-refractivity contribution in [1.82, 2.24) is 0 Å². The van der Waals surface area contributed by atoms with E-state index in [1.165, 1.54) is 11.0 Å². The smallest absolute Gasteiger partial charge is 0.406 e. The number of anilines is 2. The van der Waals surface area contributed by atoms with Gasteiger partial charge in [-0.05, 0) is 18.1 Å². The molecule has 2 rings (SSSR count). The first-order chi connectivity index (χ1) is 9.30. The highest BCUT2D eigenvalue weighted by molar-refractivity contribution is 9.09. The lowest BCUT2D eigenvalue weighted by atomic mass is 10.2. The van der Waals surface area contributed by atoms with Crippen LogP contribution in [0.15, 0.2) is 18.2 Å². The highest BCUT2D eigenvalue weighted by atomic mass is 79.9. The van der Waals surface area contributed by atoms with E-state index in [-0.39, 0.29) is 23.2 Å². The number of hydrogen-bond donors (Lipinski definition) is 1. The Labute approximate surface area is 121 Å². The second-order valence-electron chi connectivity index (χ2n) is 4.50. The number of ether oxygens (including phenoxy) is 1. The minimum atomic E-state index is -4.78. The summed E-state index contributed by atoms with van der Waals surface area (Å²) in [5, 5.41) is 0.647. The summed E-state index contributed by atoms with van der Waals surface area (Å²) >= 11 is 3.29. The van der Waals surface area contributed by atoms with Crippen molar-refractivity contribution in [3.8, 4) is 5.75 Å². The maximum Gasteiger partial charge on any atom is 0.573 e. The van der Waals surface area contributed by atoms with E-state index >= 15 is 0 Å². The zero-order valence-corrected chi connectivity index (χ0v) is 11.9. The molecule has 1 heterocycles. The van der Waals surface area contributed by atoms with Crippen LogP contribution in [0.3, 0.4) is 0 Å². The molecule has 0 bridgehead atoms. The van der Waals surface area contributed by atoms with Crippen LogP contribution in [0.5, 0.6) is 5.75 Å². The van der Waals surface area contributed by atoms with Crippen LogP contribution in [-0.2, 0) is 4.79 Å². The summed E-state index contributed by atoms with van der Waals surface area (Å²) in [7, 11) is 0. The van der Waals surface area contributed by atoms with Crippen molar-refractivity contribution in [2.24, 2.45) is 5.92 Å². The summed E-state index contributed by atoms with van der Waals surface area (Å²) in [6.45, 7) is 0.420. The van der Waals surface area contributed by atoms with Crippen LogP contribution in [0.1, 0.15) is 6.42 Å². The molecule has 0 spiro atoms. The molecule has 8 heteroatoms. The number of halogens is 4. The topological polar surface area (TPSA) is 55.6 Å². The van der Waals surface area contributed by atoms with Crippen LogP contribution >= 0.6 is 15.9 Å². The van der Waals surface area contributed by atoms with Crippen LogP contribution in [0.25, 0.3) is 0 Å². The standard InChI is InChI=1S/C12H12BrF3N2O2/c13-5-7-3-11(19)18(6-7)10-4-8(1-2-9(10)17)20-12(14,15)16/h1-2,4,7H,3,5-6,17H2. The molecule has 1 aromatic carbocycles. The highest BCUT2D eigenvalue weighted by Gasteiger charge is 2.33. The average molecular weight is 353 g/mol.